The molecule has 0 radical (unpaired) electrons. The summed E-state index contributed by atoms with van der Waals surface area (Å²) in [6.07, 6.45) is 10.6. The third-order valence-electron chi connectivity index (χ3n) is 16.0. The molecule has 0 spiro atoms. The van der Waals surface area contributed by atoms with E-state index in [-0.39, 0.29) is 49.2 Å². The summed E-state index contributed by atoms with van der Waals surface area (Å²) in [6.45, 7) is 59.2. The number of aryl methyl sites for hydroxylation is 6. The quantitative estimate of drug-likeness (QED) is 0.157. The second-order valence-electron chi connectivity index (χ2n) is 27.0. The Hall–Kier alpha value is -0.0760. The molecule has 3 saturated carbocycles. The van der Waals surface area contributed by atoms with Crippen LogP contribution in [0.1, 0.15) is 175 Å². The van der Waals surface area contributed by atoms with Crippen molar-refractivity contribution in [1.29, 1.82) is 0 Å². The van der Waals surface area contributed by atoms with Crippen molar-refractivity contribution in [3.63, 3.8) is 0 Å². The molecule has 12 heteroatoms. The van der Waals surface area contributed by atoms with Crippen LogP contribution in [0.25, 0.3) is 0 Å². The summed E-state index contributed by atoms with van der Waals surface area (Å²) in [5.74, 6) is 5.69. The van der Waals surface area contributed by atoms with Gasteiger partial charge in [0.1, 0.15) is 0 Å². The number of allylic oxidation sites excluding steroid dienone is 2. The van der Waals surface area contributed by atoms with Gasteiger partial charge in [0.15, 0.2) is 0 Å². The zero-order chi connectivity index (χ0) is 51.2. The third-order valence-corrected chi connectivity index (χ3v) is 40.9. The van der Waals surface area contributed by atoms with Gasteiger partial charge in [-0.2, -0.15) is 6.42 Å². The topological polar surface area (TPSA) is 28.6 Å². The van der Waals surface area contributed by atoms with E-state index >= 15 is 0 Å². The fraction of sp³-hybridized carbons (Fsp3) is 0.719. The Morgan fingerprint density at radius 1 is 0.667 bits per heavy atom. The summed E-state index contributed by atoms with van der Waals surface area (Å²) in [7, 11) is -4.56. The van der Waals surface area contributed by atoms with Gasteiger partial charge in [0.05, 0.1) is 5.69 Å². The summed E-state index contributed by atoms with van der Waals surface area (Å²) in [5.41, 5.74) is 16.1. The molecule has 383 valence electrons. The first-order chi connectivity index (χ1) is 31.2. The second kappa shape index (κ2) is 21.5. The van der Waals surface area contributed by atoms with Crippen molar-refractivity contribution in [2.45, 2.75) is 243 Å². The van der Waals surface area contributed by atoms with Crippen LogP contribution in [-0.4, -0.2) is 83.3 Å². The van der Waals surface area contributed by atoms with Crippen molar-refractivity contribution in [1.82, 2.24) is 17.3 Å². The fourth-order valence-electron chi connectivity index (χ4n) is 15.0. The summed E-state index contributed by atoms with van der Waals surface area (Å²) in [4.78, 5) is 5.54. The zero-order valence-electron chi connectivity index (χ0n) is 49.4. The number of nitrogens with zero attached hydrogens (tertiary/aromatic N) is 6. The molecule has 6 nitrogen and oxygen atoms in total. The minimum absolute atomic E-state index is 0. The van der Waals surface area contributed by atoms with E-state index in [1.54, 1.807) is 11.4 Å². The van der Waals surface area contributed by atoms with Crippen LogP contribution >= 0.6 is 16.4 Å². The first-order valence-corrected chi connectivity index (χ1v) is 39.9. The normalized spacial score (nSPS) is 27.1. The smallest absolute Gasteiger partial charge is 1.00 e. The van der Waals surface area contributed by atoms with Gasteiger partial charge in [-0.25, -0.2) is 0 Å². The Morgan fingerprint density at radius 3 is 1.52 bits per heavy atom. The van der Waals surface area contributed by atoms with Gasteiger partial charge in [0, 0.05) is 30.7 Å². The minimum Gasteiger partial charge on any atom is 1.00 e. The standard InChI is InChI=1S/C27H48GeN3PSi.C26H44N3PSi.C4H9.Li/c1-18-15-19(2)23(20(3)16-18)29(28-10)24-21-13-14-22(17-21)25(24)32-30(26(4,5)6)33(11,12)31(32)27(7,8)9;1-17-14-18(2)22(19(3)15-17)27-23-20-12-13-21(16-20)24(23)30-28(25(4,5)6)31(10,11)29(30)26(7,8)9;1-3-4-2;/h15-16,21-22H,13-14,17,28H2,1-12H3;14-15,20-21,24H,12-13,16H2,1-11H3;1,3-4H2,2H3;/q-1;;-1;+1/p+1. The van der Waals surface area contributed by atoms with Crippen molar-refractivity contribution in [3.8, 4) is 0 Å². The molecule has 5 atom stereocenters. The summed E-state index contributed by atoms with van der Waals surface area (Å²) >= 11 is -0.894. The molecule has 2 aromatic carbocycles. The maximum atomic E-state index is 5.54. The van der Waals surface area contributed by atoms with Crippen LogP contribution in [0.2, 0.25) is 31.9 Å². The fourth-order valence-corrected chi connectivity index (χ4v) is 42.4. The van der Waals surface area contributed by atoms with Gasteiger partial charge in [-0.15, -0.1) is 0 Å². The molecule has 2 aromatic rings. The average molecular weight is 1070 g/mol. The number of hydrogen-bond acceptors (Lipinski definition) is 6. The van der Waals surface area contributed by atoms with Gasteiger partial charge >= 0.3 is 233 Å². The Kier molecular flexibility index (Phi) is 18.6. The van der Waals surface area contributed by atoms with Crippen LogP contribution in [0.3, 0.4) is 0 Å². The van der Waals surface area contributed by atoms with E-state index in [4.69, 9.17) is 4.99 Å². The monoisotopic (exact) mass is 1070 g/mol. The Morgan fingerprint density at radius 2 is 1.10 bits per heavy atom. The molecule has 2 saturated heterocycles. The van der Waals surface area contributed by atoms with Gasteiger partial charge in [-0.3, -0.25) is 13.7 Å². The van der Waals surface area contributed by atoms with Crippen molar-refractivity contribution in [2.24, 2.45) is 28.7 Å². The Bertz CT molecular complexity index is 2140. The van der Waals surface area contributed by atoms with Gasteiger partial charge in [0.25, 0.3) is 0 Å². The van der Waals surface area contributed by atoms with Crippen LogP contribution in [-0.2, 0) is 0 Å². The summed E-state index contributed by atoms with van der Waals surface area (Å²) in [5, 5.41) is 1.92. The van der Waals surface area contributed by atoms with E-state index < -0.39 is 40.7 Å². The largest absolute Gasteiger partial charge is 1.00 e. The molecule has 5 fully saturated rings. The molecular weight excluding hydrogens is 966 g/mol. The zero-order valence-corrected chi connectivity index (χ0v) is 56.3. The van der Waals surface area contributed by atoms with E-state index in [1.807, 2.05) is 11.0 Å². The molecule has 69 heavy (non-hydrogen) atoms. The molecule has 6 aliphatic rings. The first-order valence-electron chi connectivity index (χ1n) is 27.1. The predicted molar refractivity (Wildman–Crippen MR) is 315 cm³/mol. The SMILES string of the molecule is Cc1cc(C)c(N=C2C3CCC(C3)C2P2N(C(C)(C)C)[Si](C)(C)N2C(C)(C)C)c(C)c1.[CH2-]CCC.[CH3][GeH2-][N](C1=C([PH+]2N(C(C)(C)C)[Si](C)(C)N2C(C)(C)C)C2CCC1C2)c1c(C)cc(C)cc1C.[Li+]. The summed E-state index contributed by atoms with van der Waals surface area (Å²) < 4.78 is 15.1. The predicted octanol–water partition coefficient (Wildman–Crippen LogP) is 13.5. The van der Waals surface area contributed by atoms with Gasteiger partial charge in [0.2, 0.25) is 8.40 Å². The van der Waals surface area contributed by atoms with E-state index in [0.29, 0.717) is 11.6 Å². The number of benzene rings is 2. The number of aliphatic imine (C=N–C) groups is 1. The van der Waals surface area contributed by atoms with Crippen LogP contribution in [0.5, 0.6) is 0 Å². The molecule has 2 aliphatic heterocycles. The molecule has 2 heterocycles. The van der Waals surface area contributed by atoms with Crippen LogP contribution in [0.15, 0.2) is 40.3 Å². The van der Waals surface area contributed by atoms with Crippen molar-refractivity contribution in [2.75, 3.05) is 3.86 Å². The molecule has 0 aromatic heterocycles. The third kappa shape index (κ3) is 11.4. The second-order valence-corrected chi connectivity index (χ2v) is 43.1. The molecule has 8 rings (SSSR count). The van der Waals surface area contributed by atoms with E-state index in [0.717, 1.165) is 24.2 Å². The number of hydrogen-bond donors (Lipinski definition) is 0. The van der Waals surface area contributed by atoms with Crippen LogP contribution < -0.4 is 22.7 Å². The van der Waals surface area contributed by atoms with Crippen molar-refractivity contribution in [3.05, 3.63) is 75.6 Å². The maximum Gasteiger partial charge on any atom is 1.00 e. The maximum absolute atomic E-state index is 5.54. The number of rotatable bonds is 7. The minimum atomic E-state index is -1.65. The van der Waals surface area contributed by atoms with Crippen LogP contribution in [0.4, 0.5) is 11.4 Å². The van der Waals surface area contributed by atoms with E-state index in [2.05, 4.69) is 216 Å². The van der Waals surface area contributed by atoms with Gasteiger partial charge in [-0.05, 0) is 118 Å². The van der Waals surface area contributed by atoms with Crippen LogP contribution in [0, 0.1) is 72.1 Å². The molecular formula is C57H102GeLiN6P2Si2. The number of unbranched alkanes of at least 4 members (excludes halogenated alkanes) is 1. The summed E-state index contributed by atoms with van der Waals surface area (Å²) in [6, 6.07) is 9.44. The Balaban J connectivity index is 0.000000236. The van der Waals surface area contributed by atoms with Gasteiger partial charge in [-0.1, -0.05) is 31.0 Å². The van der Waals surface area contributed by atoms with Gasteiger partial charge < -0.3 is 6.92 Å². The van der Waals surface area contributed by atoms with E-state index in [9.17, 15) is 0 Å². The molecule has 4 aliphatic carbocycles. The number of fused-ring (bicyclic) bond motifs is 4. The van der Waals surface area contributed by atoms with E-state index in [1.165, 1.54) is 84.0 Å². The molecule has 0 amide bonds. The van der Waals surface area contributed by atoms with Crippen molar-refractivity contribution < 1.29 is 18.9 Å². The molecule has 0 N–H and O–H groups in total. The molecule has 5 unspecified atom stereocenters. The number of anilines is 1. The average Bonchev–Trinajstić information content (AvgIpc) is 3.96. The molecule has 4 bridgehead atoms. The Labute approximate surface area is 449 Å². The first kappa shape index (κ1) is 59.8. The van der Waals surface area contributed by atoms with Crippen molar-refractivity contribution >= 4 is 66.0 Å².